The van der Waals surface area contributed by atoms with Crippen molar-refractivity contribution in [2.24, 2.45) is 11.3 Å². The van der Waals surface area contributed by atoms with Gasteiger partial charge in [-0.2, -0.15) is 0 Å². The molecule has 1 aliphatic heterocycles. The van der Waals surface area contributed by atoms with E-state index in [1.807, 2.05) is 4.90 Å². The molecule has 4 nitrogen and oxygen atoms in total. The van der Waals surface area contributed by atoms with Crippen LogP contribution in [0, 0.1) is 11.3 Å². The number of aliphatic hydroxyl groups is 1. The minimum atomic E-state index is -0.105. The summed E-state index contributed by atoms with van der Waals surface area (Å²) < 4.78 is 0. The number of carbonyl (C=O) groups excluding carboxylic acids is 1. The molecule has 0 radical (unpaired) electrons. The second-order valence-corrected chi connectivity index (χ2v) is 6.68. The first-order chi connectivity index (χ1) is 10.1. The maximum Gasteiger partial charge on any atom is 0.253 e. The molecule has 1 amide bonds. The maximum atomic E-state index is 12.6. The molecule has 1 unspecified atom stereocenters. The van der Waals surface area contributed by atoms with E-state index in [2.05, 4.69) is 0 Å². The summed E-state index contributed by atoms with van der Waals surface area (Å²) in [4.78, 5) is 14.4. The van der Waals surface area contributed by atoms with Crippen molar-refractivity contribution in [1.82, 2.24) is 4.90 Å². The summed E-state index contributed by atoms with van der Waals surface area (Å²) in [6, 6.07) is 6.41. The van der Waals surface area contributed by atoms with E-state index < -0.39 is 0 Å². The second kappa shape index (κ2) is 5.68. The highest BCUT2D eigenvalue weighted by atomic mass is 16.3. The standard InChI is InChI=1S/C17H23NO3/c19-12-17(10-13-2-3-13)8-1-9-18(11-17)16(21)14-4-6-15(20)7-5-14/h4-7,13,19-20H,1-3,8-12H2. The third-order valence-electron chi connectivity index (χ3n) is 4.82. The highest BCUT2D eigenvalue weighted by Crippen LogP contribution is 2.44. The van der Waals surface area contributed by atoms with Crippen LogP contribution in [0.25, 0.3) is 0 Å². The number of piperidine rings is 1. The molecule has 2 N–H and O–H groups in total. The molecule has 1 aromatic carbocycles. The van der Waals surface area contributed by atoms with Crippen LogP contribution < -0.4 is 0 Å². The molecule has 0 spiro atoms. The number of phenolic OH excluding ortho intramolecular Hbond substituents is 1. The van der Waals surface area contributed by atoms with Crippen LogP contribution >= 0.6 is 0 Å². The van der Waals surface area contributed by atoms with Crippen LogP contribution in [0.5, 0.6) is 5.75 Å². The van der Waals surface area contributed by atoms with Gasteiger partial charge in [-0.1, -0.05) is 12.8 Å². The number of amides is 1. The lowest BCUT2D eigenvalue weighted by molar-refractivity contribution is 0.0196. The molecule has 3 rings (SSSR count). The van der Waals surface area contributed by atoms with Crippen LogP contribution in [0.1, 0.15) is 42.5 Å². The molecule has 0 bridgehead atoms. The van der Waals surface area contributed by atoms with Gasteiger partial charge in [0.2, 0.25) is 0 Å². The molecular formula is C17H23NO3. The summed E-state index contributed by atoms with van der Waals surface area (Å²) in [7, 11) is 0. The number of aromatic hydroxyl groups is 1. The highest BCUT2D eigenvalue weighted by molar-refractivity contribution is 5.94. The SMILES string of the molecule is O=C(c1ccc(O)cc1)N1CCCC(CO)(CC2CC2)C1. The average molecular weight is 289 g/mol. The summed E-state index contributed by atoms with van der Waals surface area (Å²) in [6.07, 6.45) is 5.56. The summed E-state index contributed by atoms with van der Waals surface area (Å²) in [5, 5.41) is 19.2. The van der Waals surface area contributed by atoms with Gasteiger partial charge in [0.1, 0.15) is 5.75 Å². The molecule has 1 aromatic rings. The van der Waals surface area contributed by atoms with Gasteiger partial charge < -0.3 is 15.1 Å². The van der Waals surface area contributed by atoms with E-state index in [-0.39, 0.29) is 23.7 Å². The van der Waals surface area contributed by atoms with Gasteiger partial charge in [-0.25, -0.2) is 0 Å². The Morgan fingerprint density at radius 3 is 2.62 bits per heavy atom. The van der Waals surface area contributed by atoms with E-state index in [1.165, 1.54) is 12.8 Å². The lowest BCUT2D eigenvalue weighted by Crippen LogP contribution is -2.48. The molecule has 1 atom stereocenters. The second-order valence-electron chi connectivity index (χ2n) is 6.68. The number of phenols is 1. The van der Waals surface area contributed by atoms with Gasteiger partial charge in [0, 0.05) is 24.1 Å². The summed E-state index contributed by atoms with van der Waals surface area (Å²) >= 11 is 0. The largest absolute Gasteiger partial charge is 0.508 e. The Morgan fingerprint density at radius 2 is 2.00 bits per heavy atom. The van der Waals surface area contributed by atoms with Gasteiger partial charge in [-0.05, 0) is 49.4 Å². The van der Waals surface area contributed by atoms with E-state index in [0.717, 1.165) is 31.7 Å². The van der Waals surface area contributed by atoms with Crippen LogP contribution in [0.2, 0.25) is 0 Å². The Labute approximate surface area is 125 Å². The van der Waals surface area contributed by atoms with Crippen LogP contribution in [0.3, 0.4) is 0 Å². The molecule has 1 saturated heterocycles. The third-order valence-corrected chi connectivity index (χ3v) is 4.82. The quantitative estimate of drug-likeness (QED) is 0.895. The minimum absolute atomic E-state index is 0.00308. The Bertz CT molecular complexity index is 509. The van der Waals surface area contributed by atoms with E-state index in [4.69, 9.17) is 0 Å². The predicted octanol–water partition coefficient (Wildman–Crippen LogP) is 2.41. The van der Waals surface area contributed by atoms with Gasteiger partial charge >= 0.3 is 0 Å². The van der Waals surface area contributed by atoms with Crippen molar-refractivity contribution < 1.29 is 15.0 Å². The van der Waals surface area contributed by atoms with Crippen molar-refractivity contribution >= 4 is 5.91 Å². The smallest absolute Gasteiger partial charge is 0.253 e. The fourth-order valence-corrected chi connectivity index (χ4v) is 3.46. The van der Waals surface area contributed by atoms with Gasteiger partial charge in [0.25, 0.3) is 5.91 Å². The van der Waals surface area contributed by atoms with Crippen molar-refractivity contribution in [2.75, 3.05) is 19.7 Å². The normalized spacial score (nSPS) is 25.9. The number of aliphatic hydroxyl groups excluding tert-OH is 1. The van der Waals surface area contributed by atoms with Crippen molar-refractivity contribution in [1.29, 1.82) is 0 Å². The first kappa shape index (κ1) is 14.4. The van der Waals surface area contributed by atoms with E-state index in [9.17, 15) is 15.0 Å². The van der Waals surface area contributed by atoms with Crippen LogP contribution in [0.4, 0.5) is 0 Å². The van der Waals surface area contributed by atoms with Crippen molar-refractivity contribution in [2.45, 2.75) is 32.1 Å². The molecule has 1 saturated carbocycles. The number of nitrogens with zero attached hydrogens (tertiary/aromatic N) is 1. The molecule has 114 valence electrons. The van der Waals surface area contributed by atoms with Crippen molar-refractivity contribution in [3.63, 3.8) is 0 Å². The lowest BCUT2D eigenvalue weighted by Gasteiger charge is -2.42. The number of likely N-dealkylation sites (tertiary alicyclic amines) is 1. The van der Waals surface area contributed by atoms with E-state index >= 15 is 0 Å². The molecule has 1 heterocycles. The molecular weight excluding hydrogens is 266 g/mol. The van der Waals surface area contributed by atoms with Gasteiger partial charge in [0.05, 0.1) is 6.61 Å². The number of carbonyl (C=O) groups is 1. The van der Waals surface area contributed by atoms with Crippen molar-refractivity contribution in [3.8, 4) is 5.75 Å². The fraction of sp³-hybridized carbons (Fsp3) is 0.588. The Kier molecular flexibility index (Phi) is 3.89. The third kappa shape index (κ3) is 3.21. The van der Waals surface area contributed by atoms with Gasteiger partial charge in [-0.3, -0.25) is 4.79 Å². The summed E-state index contributed by atoms with van der Waals surface area (Å²) in [5.41, 5.74) is 0.499. The van der Waals surface area contributed by atoms with Crippen molar-refractivity contribution in [3.05, 3.63) is 29.8 Å². The van der Waals surface area contributed by atoms with E-state index in [0.29, 0.717) is 12.1 Å². The number of hydrogen-bond acceptors (Lipinski definition) is 3. The maximum absolute atomic E-state index is 12.6. The van der Waals surface area contributed by atoms with Crippen LogP contribution in [-0.2, 0) is 0 Å². The highest BCUT2D eigenvalue weighted by Gasteiger charge is 2.41. The molecule has 21 heavy (non-hydrogen) atoms. The number of hydrogen-bond donors (Lipinski definition) is 2. The average Bonchev–Trinajstić information content (AvgIpc) is 3.31. The van der Waals surface area contributed by atoms with Crippen LogP contribution in [0.15, 0.2) is 24.3 Å². The number of benzene rings is 1. The molecule has 4 heteroatoms. The van der Waals surface area contributed by atoms with Gasteiger partial charge in [-0.15, -0.1) is 0 Å². The molecule has 0 aromatic heterocycles. The molecule has 1 aliphatic carbocycles. The Hall–Kier alpha value is -1.55. The van der Waals surface area contributed by atoms with E-state index in [1.54, 1.807) is 24.3 Å². The van der Waals surface area contributed by atoms with Crippen LogP contribution in [-0.4, -0.2) is 40.7 Å². The zero-order valence-electron chi connectivity index (χ0n) is 12.3. The first-order valence-electron chi connectivity index (χ1n) is 7.81. The molecule has 2 aliphatic rings. The zero-order chi connectivity index (χ0) is 14.9. The Morgan fingerprint density at radius 1 is 1.29 bits per heavy atom. The van der Waals surface area contributed by atoms with Gasteiger partial charge in [0.15, 0.2) is 0 Å². The summed E-state index contributed by atoms with van der Waals surface area (Å²) in [6.45, 7) is 1.58. The first-order valence-corrected chi connectivity index (χ1v) is 7.81. The predicted molar refractivity (Wildman–Crippen MR) is 80.1 cm³/mol. The Balaban J connectivity index is 1.72. The minimum Gasteiger partial charge on any atom is -0.508 e. The number of rotatable bonds is 4. The fourth-order valence-electron chi connectivity index (χ4n) is 3.46. The monoisotopic (exact) mass is 289 g/mol. The lowest BCUT2D eigenvalue weighted by atomic mass is 9.76. The summed E-state index contributed by atoms with van der Waals surface area (Å²) in [5.74, 6) is 0.924. The molecule has 2 fully saturated rings. The zero-order valence-corrected chi connectivity index (χ0v) is 12.3. The topological polar surface area (TPSA) is 60.8 Å².